The SMILES string of the molecule is COc1cc(/C=C/C(=O)OCC(=O)c2ccc(NS(C)(=O)=O)cc2)ccc1O. The standard InChI is InChI=1S/C19H19NO7S/c1-26-18-11-13(3-9-16(18)21)4-10-19(23)27-12-17(22)14-5-7-15(8-6-14)20-28(2,24)25/h3-11,20-21H,12H2,1-2H3/b10-4+. The number of methoxy groups -OCH3 is 1. The van der Waals surface area contributed by atoms with Crippen LogP contribution >= 0.6 is 0 Å². The average Bonchev–Trinajstić information content (AvgIpc) is 2.64. The first-order chi connectivity index (χ1) is 13.2. The summed E-state index contributed by atoms with van der Waals surface area (Å²) < 4.78 is 34.5. The van der Waals surface area contributed by atoms with Crippen molar-refractivity contribution in [3.05, 3.63) is 59.7 Å². The molecule has 0 atom stereocenters. The maximum Gasteiger partial charge on any atom is 0.331 e. The molecule has 2 N–H and O–H groups in total. The molecule has 0 fully saturated rings. The minimum absolute atomic E-state index is 0.0226. The van der Waals surface area contributed by atoms with E-state index in [9.17, 15) is 23.1 Å². The van der Waals surface area contributed by atoms with E-state index in [2.05, 4.69) is 4.72 Å². The number of ketones is 1. The molecule has 0 radical (unpaired) electrons. The van der Waals surface area contributed by atoms with Crippen LogP contribution < -0.4 is 9.46 Å². The van der Waals surface area contributed by atoms with E-state index in [1.807, 2.05) is 0 Å². The van der Waals surface area contributed by atoms with Crippen LogP contribution in [0.1, 0.15) is 15.9 Å². The molecule has 0 saturated carbocycles. The number of anilines is 1. The summed E-state index contributed by atoms with van der Waals surface area (Å²) >= 11 is 0. The fourth-order valence-corrected chi connectivity index (χ4v) is 2.73. The molecule has 0 bridgehead atoms. The van der Waals surface area contributed by atoms with Crippen molar-refractivity contribution in [2.75, 3.05) is 24.7 Å². The Balaban J connectivity index is 1.90. The number of hydrogen-bond donors (Lipinski definition) is 2. The third kappa shape index (κ3) is 6.44. The molecule has 0 saturated heterocycles. The highest BCUT2D eigenvalue weighted by Gasteiger charge is 2.10. The summed E-state index contributed by atoms with van der Waals surface area (Å²) in [5.41, 5.74) is 1.20. The Morgan fingerprint density at radius 3 is 2.43 bits per heavy atom. The number of phenolic OH excluding ortho intramolecular Hbond substituents is 1. The van der Waals surface area contributed by atoms with Gasteiger partial charge in [-0.05, 0) is 48.0 Å². The van der Waals surface area contributed by atoms with Crippen molar-refractivity contribution in [2.45, 2.75) is 0 Å². The lowest BCUT2D eigenvalue weighted by molar-refractivity contribution is -0.136. The Hall–Kier alpha value is -3.33. The lowest BCUT2D eigenvalue weighted by Crippen LogP contribution is -2.13. The van der Waals surface area contributed by atoms with Gasteiger partial charge in [0.1, 0.15) is 0 Å². The van der Waals surface area contributed by atoms with Gasteiger partial charge < -0.3 is 14.6 Å². The molecule has 8 nitrogen and oxygen atoms in total. The second kappa shape index (κ2) is 9.05. The fourth-order valence-electron chi connectivity index (χ4n) is 2.17. The number of ether oxygens (including phenoxy) is 2. The summed E-state index contributed by atoms with van der Waals surface area (Å²) in [6, 6.07) is 10.3. The van der Waals surface area contributed by atoms with Crippen LogP contribution in [0.4, 0.5) is 5.69 Å². The number of rotatable bonds is 8. The van der Waals surface area contributed by atoms with Crippen LogP contribution in [-0.2, 0) is 19.6 Å². The van der Waals surface area contributed by atoms with Gasteiger partial charge in [0.15, 0.2) is 23.9 Å². The van der Waals surface area contributed by atoms with E-state index in [4.69, 9.17) is 9.47 Å². The van der Waals surface area contributed by atoms with Crippen molar-refractivity contribution >= 4 is 33.5 Å². The van der Waals surface area contributed by atoms with Crippen molar-refractivity contribution in [3.63, 3.8) is 0 Å². The number of hydrogen-bond acceptors (Lipinski definition) is 7. The van der Waals surface area contributed by atoms with Gasteiger partial charge in [-0.1, -0.05) is 6.07 Å². The first-order valence-corrected chi connectivity index (χ1v) is 9.90. The van der Waals surface area contributed by atoms with Crippen molar-refractivity contribution in [3.8, 4) is 11.5 Å². The van der Waals surface area contributed by atoms with Crippen LogP contribution in [0.15, 0.2) is 48.5 Å². The van der Waals surface area contributed by atoms with Crippen LogP contribution in [0.2, 0.25) is 0 Å². The van der Waals surface area contributed by atoms with E-state index in [-0.39, 0.29) is 17.1 Å². The largest absolute Gasteiger partial charge is 0.504 e. The summed E-state index contributed by atoms with van der Waals surface area (Å²) in [4.78, 5) is 23.8. The van der Waals surface area contributed by atoms with E-state index < -0.39 is 28.4 Å². The minimum Gasteiger partial charge on any atom is -0.504 e. The predicted molar refractivity (Wildman–Crippen MR) is 104 cm³/mol. The summed E-state index contributed by atoms with van der Waals surface area (Å²) in [7, 11) is -1.99. The smallest absolute Gasteiger partial charge is 0.331 e. The molecule has 9 heteroatoms. The summed E-state index contributed by atoms with van der Waals surface area (Å²) in [6.07, 6.45) is 3.63. The van der Waals surface area contributed by atoms with E-state index in [1.165, 1.54) is 49.6 Å². The molecule has 0 amide bonds. The van der Waals surface area contributed by atoms with Crippen LogP contribution in [-0.4, -0.2) is 45.2 Å². The van der Waals surface area contributed by atoms with Crippen molar-refractivity contribution < 1.29 is 32.6 Å². The van der Waals surface area contributed by atoms with E-state index >= 15 is 0 Å². The number of sulfonamides is 1. The highest BCUT2D eigenvalue weighted by Crippen LogP contribution is 2.26. The molecular weight excluding hydrogens is 386 g/mol. The molecule has 2 aromatic rings. The van der Waals surface area contributed by atoms with Crippen LogP contribution in [0.25, 0.3) is 6.08 Å². The van der Waals surface area contributed by atoms with Gasteiger partial charge >= 0.3 is 5.97 Å². The predicted octanol–water partition coefficient (Wildman–Crippen LogP) is 2.21. The molecule has 0 aliphatic heterocycles. The van der Waals surface area contributed by atoms with Gasteiger partial charge in [0.05, 0.1) is 13.4 Å². The van der Waals surface area contributed by atoms with Gasteiger partial charge in [-0.15, -0.1) is 0 Å². The molecular formula is C19H19NO7S. The second-order valence-corrected chi connectivity index (χ2v) is 7.50. The molecule has 148 valence electrons. The summed E-state index contributed by atoms with van der Waals surface area (Å²) in [5, 5.41) is 9.53. The number of esters is 1. The van der Waals surface area contributed by atoms with Crippen molar-refractivity contribution in [1.82, 2.24) is 0 Å². The lowest BCUT2D eigenvalue weighted by atomic mass is 10.1. The topological polar surface area (TPSA) is 119 Å². The molecule has 0 aromatic heterocycles. The molecule has 0 heterocycles. The zero-order valence-electron chi connectivity index (χ0n) is 15.2. The van der Waals surface area contributed by atoms with Crippen LogP contribution in [0.5, 0.6) is 11.5 Å². The van der Waals surface area contributed by atoms with Crippen LogP contribution in [0, 0.1) is 0 Å². The van der Waals surface area contributed by atoms with Gasteiger partial charge in [0.2, 0.25) is 10.0 Å². The third-order valence-electron chi connectivity index (χ3n) is 3.47. The molecule has 0 spiro atoms. The van der Waals surface area contributed by atoms with Crippen molar-refractivity contribution in [1.29, 1.82) is 0 Å². The summed E-state index contributed by atoms with van der Waals surface area (Å²) in [5.74, 6) is -0.903. The van der Waals surface area contributed by atoms with Crippen molar-refractivity contribution in [2.24, 2.45) is 0 Å². The number of carbonyl (C=O) groups is 2. The molecule has 2 rings (SSSR count). The Morgan fingerprint density at radius 1 is 1.14 bits per heavy atom. The molecule has 0 unspecified atom stereocenters. The number of benzene rings is 2. The second-order valence-electron chi connectivity index (χ2n) is 5.75. The van der Waals surface area contributed by atoms with E-state index in [0.29, 0.717) is 11.3 Å². The Kier molecular flexibility index (Phi) is 6.78. The minimum atomic E-state index is -3.40. The highest BCUT2D eigenvalue weighted by molar-refractivity contribution is 7.92. The fraction of sp³-hybridized carbons (Fsp3) is 0.158. The first kappa shape index (κ1) is 21.0. The average molecular weight is 405 g/mol. The van der Waals surface area contributed by atoms with Gasteiger partial charge in [0, 0.05) is 17.3 Å². The number of aromatic hydroxyl groups is 1. The normalized spacial score (nSPS) is 11.2. The number of phenols is 1. The summed E-state index contributed by atoms with van der Waals surface area (Å²) in [6.45, 7) is -0.457. The van der Waals surface area contributed by atoms with Crippen LogP contribution in [0.3, 0.4) is 0 Å². The zero-order valence-corrected chi connectivity index (χ0v) is 16.0. The van der Waals surface area contributed by atoms with E-state index in [0.717, 1.165) is 12.3 Å². The molecule has 2 aromatic carbocycles. The maximum atomic E-state index is 12.1. The Morgan fingerprint density at radius 2 is 1.82 bits per heavy atom. The van der Waals surface area contributed by atoms with Gasteiger partial charge in [0.25, 0.3) is 0 Å². The van der Waals surface area contributed by atoms with Gasteiger partial charge in [-0.3, -0.25) is 9.52 Å². The molecule has 0 aliphatic rings. The Labute approximate surface area is 162 Å². The highest BCUT2D eigenvalue weighted by atomic mass is 32.2. The monoisotopic (exact) mass is 405 g/mol. The van der Waals surface area contributed by atoms with Gasteiger partial charge in [-0.25, -0.2) is 13.2 Å². The molecule has 0 aliphatic carbocycles. The van der Waals surface area contributed by atoms with Gasteiger partial charge in [-0.2, -0.15) is 0 Å². The zero-order chi connectivity index (χ0) is 20.7. The molecule has 28 heavy (non-hydrogen) atoms. The Bertz CT molecular complexity index is 995. The first-order valence-electron chi connectivity index (χ1n) is 8.01. The number of Topliss-reactive ketones (excluding diaryl/α,β-unsaturated/α-hetero) is 1. The number of carbonyl (C=O) groups excluding carboxylic acids is 2. The quantitative estimate of drug-likeness (QED) is 0.393. The lowest BCUT2D eigenvalue weighted by Gasteiger charge is -2.06. The maximum absolute atomic E-state index is 12.1. The third-order valence-corrected chi connectivity index (χ3v) is 4.08. The van der Waals surface area contributed by atoms with E-state index in [1.54, 1.807) is 6.07 Å². The number of nitrogens with one attached hydrogen (secondary N) is 1.